The highest BCUT2D eigenvalue weighted by Crippen LogP contribution is 2.33. The van der Waals surface area contributed by atoms with Crippen molar-refractivity contribution in [3.05, 3.63) is 48.0 Å². The molecule has 3 rings (SSSR count). The van der Waals surface area contributed by atoms with Crippen LogP contribution in [0, 0.1) is 0 Å². The summed E-state index contributed by atoms with van der Waals surface area (Å²) in [7, 11) is 0. The van der Waals surface area contributed by atoms with Gasteiger partial charge >= 0.3 is 5.97 Å². The van der Waals surface area contributed by atoms with E-state index in [1.165, 1.54) is 29.2 Å². The molecule has 1 aliphatic heterocycles. The average molecular weight is 325 g/mol. The number of likely N-dealkylation sites (tertiary alicyclic amines) is 1. The topological polar surface area (TPSA) is 29.5 Å². The molecule has 0 unspecified atom stereocenters. The van der Waals surface area contributed by atoms with Gasteiger partial charge in [-0.15, -0.1) is 0 Å². The Morgan fingerprint density at radius 3 is 2.83 bits per heavy atom. The van der Waals surface area contributed by atoms with E-state index in [1.807, 2.05) is 6.92 Å². The minimum Gasteiger partial charge on any atom is -0.466 e. The lowest BCUT2D eigenvalue weighted by atomic mass is 9.93. The third-order valence-corrected chi connectivity index (χ3v) is 5.15. The number of carbonyl (C=O) groups excluding carboxylic acids is 1. The van der Waals surface area contributed by atoms with E-state index in [-0.39, 0.29) is 12.0 Å². The van der Waals surface area contributed by atoms with Gasteiger partial charge in [-0.1, -0.05) is 48.9 Å². The Balaban J connectivity index is 1.85. The zero-order valence-corrected chi connectivity index (χ0v) is 14.7. The van der Waals surface area contributed by atoms with Crippen molar-refractivity contribution >= 4 is 16.7 Å². The number of carbonyl (C=O) groups is 1. The predicted octanol–water partition coefficient (Wildman–Crippen LogP) is 4.71. The van der Waals surface area contributed by atoms with Crippen LogP contribution in [0.5, 0.6) is 0 Å². The third kappa shape index (κ3) is 3.62. The van der Waals surface area contributed by atoms with E-state index < -0.39 is 0 Å². The van der Waals surface area contributed by atoms with E-state index in [0.29, 0.717) is 19.1 Å². The highest BCUT2D eigenvalue weighted by atomic mass is 16.5. The van der Waals surface area contributed by atoms with Gasteiger partial charge in [0.15, 0.2) is 0 Å². The molecule has 24 heavy (non-hydrogen) atoms. The van der Waals surface area contributed by atoms with E-state index in [2.05, 4.69) is 54.3 Å². The second-order valence-corrected chi connectivity index (χ2v) is 6.64. The molecule has 2 aromatic carbocycles. The molecule has 0 aliphatic carbocycles. The Morgan fingerprint density at radius 1 is 1.21 bits per heavy atom. The van der Waals surface area contributed by atoms with Crippen molar-refractivity contribution in [2.75, 3.05) is 13.2 Å². The minimum atomic E-state index is -0.0699. The van der Waals surface area contributed by atoms with Crippen molar-refractivity contribution in [2.45, 2.75) is 51.6 Å². The quantitative estimate of drug-likeness (QED) is 0.746. The van der Waals surface area contributed by atoms with Gasteiger partial charge in [-0.3, -0.25) is 9.69 Å². The Hall–Kier alpha value is -1.87. The summed E-state index contributed by atoms with van der Waals surface area (Å²) in [6, 6.07) is 15.7. The second-order valence-electron chi connectivity index (χ2n) is 6.64. The molecule has 2 aromatic rings. The number of piperidine rings is 1. The van der Waals surface area contributed by atoms with Crippen LogP contribution in [0.3, 0.4) is 0 Å². The summed E-state index contributed by atoms with van der Waals surface area (Å²) >= 11 is 0. The molecule has 0 spiro atoms. The minimum absolute atomic E-state index is 0.0699. The van der Waals surface area contributed by atoms with E-state index in [1.54, 1.807) is 0 Å². The number of esters is 1. The summed E-state index contributed by atoms with van der Waals surface area (Å²) in [6.07, 6.45) is 3.98. The lowest BCUT2D eigenvalue weighted by Gasteiger charge is -2.40. The molecule has 0 amide bonds. The summed E-state index contributed by atoms with van der Waals surface area (Å²) in [5, 5.41) is 2.59. The van der Waals surface area contributed by atoms with E-state index in [9.17, 15) is 4.79 Å². The van der Waals surface area contributed by atoms with Crippen molar-refractivity contribution < 1.29 is 9.53 Å². The van der Waals surface area contributed by atoms with Crippen LogP contribution in [0.4, 0.5) is 0 Å². The first-order valence-corrected chi connectivity index (χ1v) is 9.09. The van der Waals surface area contributed by atoms with Gasteiger partial charge in [-0.05, 0) is 49.6 Å². The standard InChI is InChI=1S/C21H27NO2/c1-3-24-21(23)15-18-11-6-7-14-22(18)16(2)19-13-8-10-17-9-4-5-12-20(17)19/h4-5,8-10,12-13,16,18H,3,6-7,11,14-15H2,1-2H3/t16-,18+/m0/s1. The molecular weight excluding hydrogens is 298 g/mol. The first kappa shape index (κ1) is 17.0. The van der Waals surface area contributed by atoms with Crippen LogP contribution < -0.4 is 0 Å². The maximum Gasteiger partial charge on any atom is 0.307 e. The van der Waals surface area contributed by atoms with Crippen molar-refractivity contribution in [3.63, 3.8) is 0 Å². The van der Waals surface area contributed by atoms with Gasteiger partial charge in [0.05, 0.1) is 13.0 Å². The molecule has 2 atom stereocenters. The summed E-state index contributed by atoms with van der Waals surface area (Å²) in [6.45, 7) is 5.65. The zero-order chi connectivity index (χ0) is 16.9. The van der Waals surface area contributed by atoms with Gasteiger partial charge in [-0.2, -0.15) is 0 Å². The van der Waals surface area contributed by atoms with Gasteiger partial charge < -0.3 is 4.74 Å². The van der Waals surface area contributed by atoms with Crippen LogP contribution >= 0.6 is 0 Å². The van der Waals surface area contributed by atoms with Crippen LogP contribution in [-0.4, -0.2) is 30.1 Å². The van der Waals surface area contributed by atoms with Crippen LogP contribution in [0.25, 0.3) is 10.8 Å². The molecule has 1 fully saturated rings. The number of hydrogen-bond acceptors (Lipinski definition) is 3. The average Bonchev–Trinajstić information content (AvgIpc) is 2.61. The van der Waals surface area contributed by atoms with E-state index in [0.717, 1.165) is 13.0 Å². The highest BCUT2D eigenvalue weighted by molar-refractivity contribution is 5.86. The van der Waals surface area contributed by atoms with Gasteiger partial charge in [0.25, 0.3) is 0 Å². The molecule has 1 heterocycles. The van der Waals surface area contributed by atoms with Crippen molar-refractivity contribution in [1.29, 1.82) is 0 Å². The van der Waals surface area contributed by atoms with Crippen molar-refractivity contribution in [1.82, 2.24) is 4.90 Å². The predicted molar refractivity (Wildman–Crippen MR) is 98.0 cm³/mol. The molecule has 3 nitrogen and oxygen atoms in total. The monoisotopic (exact) mass is 325 g/mol. The molecule has 128 valence electrons. The maximum atomic E-state index is 12.0. The molecule has 1 saturated heterocycles. The Kier molecular flexibility index (Phi) is 5.52. The largest absolute Gasteiger partial charge is 0.466 e. The van der Waals surface area contributed by atoms with Crippen LogP contribution in [-0.2, 0) is 9.53 Å². The molecule has 0 saturated carbocycles. The number of fused-ring (bicyclic) bond motifs is 1. The molecule has 0 radical (unpaired) electrons. The zero-order valence-electron chi connectivity index (χ0n) is 14.7. The number of ether oxygens (including phenoxy) is 1. The summed E-state index contributed by atoms with van der Waals surface area (Å²) in [4.78, 5) is 14.5. The normalized spacial score (nSPS) is 20.0. The fourth-order valence-electron chi connectivity index (χ4n) is 3.96. The lowest BCUT2D eigenvalue weighted by Crippen LogP contribution is -2.42. The van der Waals surface area contributed by atoms with Crippen LogP contribution in [0.1, 0.15) is 51.1 Å². The van der Waals surface area contributed by atoms with Gasteiger partial charge in [0.1, 0.15) is 0 Å². The van der Waals surface area contributed by atoms with Crippen LogP contribution in [0.15, 0.2) is 42.5 Å². The van der Waals surface area contributed by atoms with E-state index in [4.69, 9.17) is 4.74 Å². The van der Waals surface area contributed by atoms with Gasteiger partial charge in [0, 0.05) is 12.1 Å². The first-order valence-electron chi connectivity index (χ1n) is 9.09. The smallest absolute Gasteiger partial charge is 0.307 e. The number of nitrogens with zero attached hydrogens (tertiary/aromatic N) is 1. The Labute approximate surface area is 144 Å². The highest BCUT2D eigenvalue weighted by Gasteiger charge is 2.29. The molecule has 0 N–H and O–H groups in total. The summed E-state index contributed by atoms with van der Waals surface area (Å²) in [5.74, 6) is -0.0699. The number of rotatable bonds is 5. The number of hydrogen-bond donors (Lipinski definition) is 0. The summed E-state index contributed by atoms with van der Waals surface area (Å²) in [5.41, 5.74) is 1.35. The van der Waals surface area contributed by atoms with E-state index >= 15 is 0 Å². The van der Waals surface area contributed by atoms with Crippen molar-refractivity contribution in [2.24, 2.45) is 0 Å². The SMILES string of the molecule is CCOC(=O)C[C@H]1CCCCN1[C@@H](C)c1cccc2ccccc12. The fourth-order valence-corrected chi connectivity index (χ4v) is 3.96. The Bertz CT molecular complexity index is 692. The lowest BCUT2D eigenvalue weighted by molar-refractivity contribution is -0.145. The first-order chi connectivity index (χ1) is 11.7. The maximum absolute atomic E-state index is 12.0. The molecule has 1 aliphatic rings. The van der Waals surface area contributed by atoms with Crippen LogP contribution in [0.2, 0.25) is 0 Å². The third-order valence-electron chi connectivity index (χ3n) is 5.15. The molecule has 0 bridgehead atoms. The fraction of sp³-hybridized carbons (Fsp3) is 0.476. The number of benzene rings is 2. The molecule has 0 aromatic heterocycles. The Morgan fingerprint density at radius 2 is 2.00 bits per heavy atom. The second kappa shape index (κ2) is 7.80. The molecular formula is C21H27NO2. The molecule has 3 heteroatoms. The van der Waals surface area contributed by atoms with Gasteiger partial charge in [-0.25, -0.2) is 0 Å². The van der Waals surface area contributed by atoms with Gasteiger partial charge in [0.2, 0.25) is 0 Å². The van der Waals surface area contributed by atoms with Crippen molar-refractivity contribution in [3.8, 4) is 0 Å². The summed E-state index contributed by atoms with van der Waals surface area (Å²) < 4.78 is 5.18.